The minimum Gasteiger partial charge on any atom is -0.218 e. The maximum atomic E-state index is 10.6. The number of hydrogen-bond donors (Lipinski definition) is 0. The molecule has 0 atom stereocenters. The first-order chi connectivity index (χ1) is 4.56. The Morgan fingerprint density at radius 3 is 2.30 bits per heavy atom. The second-order valence-electron chi connectivity index (χ2n) is 2.23. The first-order valence-electron chi connectivity index (χ1n) is 3.40. The number of rotatable bonds is 5. The topological polar surface area (TPSA) is 34.1 Å². The van der Waals surface area contributed by atoms with Crippen LogP contribution in [0.1, 0.15) is 26.2 Å². The van der Waals surface area contributed by atoms with Gasteiger partial charge in [0.1, 0.15) is 0 Å². The third kappa shape index (κ3) is 8.30. The molecule has 0 aromatic carbocycles. The molecule has 2 nitrogen and oxygen atoms in total. The lowest BCUT2D eigenvalue weighted by atomic mass is 10.3. The maximum Gasteiger partial charge on any atom is 0.198 e. The van der Waals surface area contributed by atoms with Crippen LogP contribution in [0.5, 0.6) is 0 Å². The van der Waals surface area contributed by atoms with Gasteiger partial charge in [-0.2, -0.15) is 0 Å². The molecule has 0 saturated heterocycles. The third-order valence-corrected chi connectivity index (χ3v) is 3.71. The Labute approximate surface area is 66.7 Å². The predicted octanol–water partition coefficient (Wildman–Crippen LogP) is 1.87. The van der Waals surface area contributed by atoms with Gasteiger partial charge in [0.05, 0.1) is 0 Å². The van der Waals surface area contributed by atoms with Gasteiger partial charge in [0.15, 0.2) is 8.87 Å². The van der Waals surface area contributed by atoms with Crippen molar-refractivity contribution in [2.45, 2.75) is 26.2 Å². The van der Waals surface area contributed by atoms with Gasteiger partial charge in [-0.1, -0.05) is 19.8 Å². The van der Waals surface area contributed by atoms with Gasteiger partial charge >= 0.3 is 0 Å². The van der Waals surface area contributed by atoms with E-state index in [4.69, 9.17) is 0 Å². The molecule has 0 saturated carbocycles. The minimum absolute atomic E-state index is 0.743. The first-order valence-corrected chi connectivity index (χ1v) is 6.80. The molecule has 0 bridgehead atoms. The van der Waals surface area contributed by atoms with E-state index in [0.717, 1.165) is 35.8 Å². The van der Waals surface area contributed by atoms with Gasteiger partial charge in [-0.05, 0) is 17.2 Å². The first kappa shape index (κ1) is 10.3. The van der Waals surface area contributed by atoms with Crippen LogP contribution in [0.25, 0.3) is 0 Å². The molecule has 0 spiro atoms. The van der Waals surface area contributed by atoms with Crippen molar-refractivity contribution in [1.82, 2.24) is 0 Å². The van der Waals surface area contributed by atoms with Crippen molar-refractivity contribution in [2.75, 3.05) is 12.0 Å². The van der Waals surface area contributed by atoms with Crippen LogP contribution in [0.2, 0.25) is 0 Å². The van der Waals surface area contributed by atoms with Crippen molar-refractivity contribution < 1.29 is 8.42 Å². The van der Waals surface area contributed by atoms with E-state index in [1.165, 1.54) is 6.26 Å². The summed E-state index contributed by atoms with van der Waals surface area (Å²) in [5.74, 6) is 0.743. The standard InChI is InChI=1S/C6H14O2S2/c1-3-4-5-6-9-10(2,7)8/h3-6H2,1-2H3. The van der Waals surface area contributed by atoms with E-state index >= 15 is 0 Å². The van der Waals surface area contributed by atoms with Crippen LogP contribution in [0.4, 0.5) is 0 Å². The molecule has 10 heavy (non-hydrogen) atoms. The molecule has 0 unspecified atom stereocenters. The van der Waals surface area contributed by atoms with Crippen molar-refractivity contribution >= 4 is 19.7 Å². The molecule has 0 aromatic rings. The molecule has 62 valence electrons. The van der Waals surface area contributed by atoms with Gasteiger partial charge in [-0.3, -0.25) is 0 Å². The monoisotopic (exact) mass is 182 g/mol. The molecule has 0 radical (unpaired) electrons. The average Bonchev–Trinajstić information content (AvgIpc) is 1.78. The van der Waals surface area contributed by atoms with E-state index in [1.807, 2.05) is 0 Å². The highest BCUT2D eigenvalue weighted by molar-refractivity contribution is 8.71. The summed E-state index contributed by atoms with van der Waals surface area (Å²) in [6.45, 7) is 2.10. The van der Waals surface area contributed by atoms with Gasteiger partial charge < -0.3 is 0 Å². The molecule has 0 aliphatic heterocycles. The van der Waals surface area contributed by atoms with Crippen molar-refractivity contribution in [3.05, 3.63) is 0 Å². The van der Waals surface area contributed by atoms with Gasteiger partial charge in [-0.25, -0.2) is 8.42 Å². The summed E-state index contributed by atoms with van der Waals surface area (Å²) in [7, 11) is -1.74. The van der Waals surface area contributed by atoms with Gasteiger partial charge in [0.25, 0.3) is 0 Å². The Hall–Kier alpha value is 0.300. The smallest absolute Gasteiger partial charge is 0.198 e. The molecule has 0 fully saturated rings. The lowest BCUT2D eigenvalue weighted by Gasteiger charge is -1.95. The molecule has 0 aliphatic carbocycles. The fourth-order valence-corrected chi connectivity index (χ4v) is 2.45. The summed E-state index contributed by atoms with van der Waals surface area (Å²) < 4.78 is 21.1. The van der Waals surface area contributed by atoms with Crippen molar-refractivity contribution in [3.63, 3.8) is 0 Å². The van der Waals surface area contributed by atoms with E-state index in [1.54, 1.807) is 0 Å². The highest BCUT2D eigenvalue weighted by Gasteiger charge is 2.00. The SMILES string of the molecule is CCCCCSS(C)(=O)=O. The zero-order valence-electron chi connectivity index (χ0n) is 6.46. The molecule has 0 aromatic heterocycles. The Kier molecular flexibility index (Phi) is 5.17. The number of unbranched alkanes of at least 4 members (excludes halogenated alkanes) is 2. The van der Waals surface area contributed by atoms with Gasteiger partial charge in [-0.15, -0.1) is 0 Å². The average molecular weight is 182 g/mol. The summed E-state index contributed by atoms with van der Waals surface area (Å²) in [5, 5.41) is 0. The molecule has 0 heterocycles. The second kappa shape index (κ2) is 5.02. The van der Waals surface area contributed by atoms with E-state index in [9.17, 15) is 8.42 Å². The fourth-order valence-electron chi connectivity index (χ4n) is 0.562. The molecular formula is C6H14O2S2. The lowest BCUT2D eigenvalue weighted by molar-refractivity contribution is 0.615. The lowest BCUT2D eigenvalue weighted by Crippen LogP contribution is -1.90. The molecule has 0 rings (SSSR count). The zero-order valence-corrected chi connectivity index (χ0v) is 8.09. The van der Waals surface area contributed by atoms with E-state index < -0.39 is 8.87 Å². The van der Waals surface area contributed by atoms with E-state index in [0.29, 0.717) is 0 Å². The van der Waals surface area contributed by atoms with Crippen LogP contribution < -0.4 is 0 Å². The van der Waals surface area contributed by atoms with E-state index in [2.05, 4.69) is 6.92 Å². The summed E-state index contributed by atoms with van der Waals surface area (Å²) in [5.41, 5.74) is 0. The summed E-state index contributed by atoms with van der Waals surface area (Å²) in [6.07, 6.45) is 4.53. The normalized spacial score (nSPS) is 11.8. The van der Waals surface area contributed by atoms with Crippen LogP contribution in [-0.4, -0.2) is 20.4 Å². The summed E-state index contributed by atoms with van der Waals surface area (Å²) in [6, 6.07) is 0. The minimum atomic E-state index is -2.79. The van der Waals surface area contributed by atoms with Crippen LogP contribution in [0, 0.1) is 0 Å². The zero-order chi connectivity index (χ0) is 8.04. The summed E-state index contributed by atoms with van der Waals surface area (Å²) >= 11 is 0. The Bertz CT molecular complexity index is 161. The predicted molar refractivity (Wildman–Crippen MR) is 46.8 cm³/mol. The second-order valence-corrected chi connectivity index (χ2v) is 6.81. The third-order valence-electron chi connectivity index (χ3n) is 1.05. The van der Waals surface area contributed by atoms with Gasteiger partial charge in [0, 0.05) is 12.0 Å². The maximum absolute atomic E-state index is 10.6. The fraction of sp³-hybridized carbons (Fsp3) is 1.00. The van der Waals surface area contributed by atoms with E-state index in [-0.39, 0.29) is 0 Å². The summed E-state index contributed by atoms with van der Waals surface area (Å²) in [4.78, 5) is 0. The van der Waals surface area contributed by atoms with Crippen LogP contribution in [0.3, 0.4) is 0 Å². The van der Waals surface area contributed by atoms with Gasteiger partial charge in [0.2, 0.25) is 0 Å². The van der Waals surface area contributed by atoms with Crippen LogP contribution in [-0.2, 0) is 8.87 Å². The molecular weight excluding hydrogens is 168 g/mol. The molecule has 0 N–H and O–H groups in total. The van der Waals surface area contributed by atoms with Crippen molar-refractivity contribution in [2.24, 2.45) is 0 Å². The highest BCUT2D eigenvalue weighted by atomic mass is 33.1. The number of hydrogen-bond acceptors (Lipinski definition) is 3. The van der Waals surface area contributed by atoms with Crippen LogP contribution >= 0.6 is 10.8 Å². The molecule has 0 amide bonds. The molecule has 4 heteroatoms. The Morgan fingerprint density at radius 2 is 1.90 bits per heavy atom. The highest BCUT2D eigenvalue weighted by Crippen LogP contribution is 2.12. The quantitative estimate of drug-likeness (QED) is 0.481. The Morgan fingerprint density at radius 1 is 1.30 bits per heavy atom. The van der Waals surface area contributed by atoms with Crippen LogP contribution in [0.15, 0.2) is 0 Å². The Balaban J connectivity index is 3.21. The molecule has 0 aliphatic rings. The van der Waals surface area contributed by atoms with Crippen molar-refractivity contribution in [3.8, 4) is 0 Å². The largest absolute Gasteiger partial charge is 0.218 e. The van der Waals surface area contributed by atoms with Crippen molar-refractivity contribution in [1.29, 1.82) is 0 Å².